The molecule has 0 saturated heterocycles. The highest BCUT2D eigenvalue weighted by molar-refractivity contribution is 5.79. The first kappa shape index (κ1) is 22.1. The van der Waals surface area contributed by atoms with E-state index in [1.807, 2.05) is 53.3 Å². The number of para-hydroxylation sites is 1. The average Bonchev–Trinajstić information content (AvgIpc) is 3.39. The molecule has 8 nitrogen and oxygen atoms in total. The fraction of sp³-hybridized carbons (Fsp3) is 0.111. The minimum absolute atomic E-state index is 0.268. The molecule has 5 rings (SSSR count). The molecule has 0 atom stereocenters. The van der Waals surface area contributed by atoms with Crippen molar-refractivity contribution < 1.29 is 4.79 Å². The Bertz CT molecular complexity index is 1600. The molecule has 174 valence electrons. The average molecular weight is 466 g/mol. The van der Waals surface area contributed by atoms with E-state index < -0.39 is 17.2 Å². The number of rotatable bonds is 7. The summed E-state index contributed by atoms with van der Waals surface area (Å²) < 4.78 is 2.78. The van der Waals surface area contributed by atoms with Gasteiger partial charge in [-0.3, -0.25) is 18.8 Å². The van der Waals surface area contributed by atoms with Gasteiger partial charge in [0.2, 0.25) is 5.91 Å². The molecule has 0 unspecified atom stereocenters. The van der Waals surface area contributed by atoms with E-state index in [1.54, 1.807) is 30.5 Å². The molecule has 0 aliphatic carbocycles. The van der Waals surface area contributed by atoms with Gasteiger partial charge in [0.1, 0.15) is 6.54 Å². The zero-order valence-electron chi connectivity index (χ0n) is 18.8. The third kappa shape index (κ3) is 4.81. The minimum Gasteiger partial charge on any atom is -0.350 e. The molecule has 3 aromatic carbocycles. The van der Waals surface area contributed by atoms with Crippen LogP contribution < -0.4 is 16.6 Å². The van der Waals surface area contributed by atoms with Crippen molar-refractivity contribution in [3.63, 3.8) is 0 Å². The largest absolute Gasteiger partial charge is 0.350 e. The molecule has 2 aromatic heterocycles. The number of amides is 1. The zero-order valence-corrected chi connectivity index (χ0v) is 18.8. The van der Waals surface area contributed by atoms with E-state index in [9.17, 15) is 14.4 Å². The lowest BCUT2D eigenvalue weighted by molar-refractivity contribution is -0.121. The second-order valence-corrected chi connectivity index (χ2v) is 8.20. The van der Waals surface area contributed by atoms with Crippen molar-refractivity contribution in [2.24, 2.45) is 0 Å². The van der Waals surface area contributed by atoms with Gasteiger partial charge in [-0.15, -0.1) is 0 Å². The Kier molecular flexibility index (Phi) is 6.09. The number of H-pyrrole nitrogens is 1. The van der Waals surface area contributed by atoms with Gasteiger partial charge >= 0.3 is 5.69 Å². The van der Waals surface area contributed by atoms with Gasteiger partial charge in [-0.25, -0.2) is 4.79 Å². The van der Waals surface area contributed by atoms with Crippen molar-refractivity contribution >= 4 is 16.8 Å². The van der Waals surface area contributed by atoms with E-state index in [0.29, 0.717) is 17.4 Å². The molecule has 0 saturated carbocycles. The number of fused-ring (bicyclic) bond motifs is 1. The maximum absolute atomic E-state index is 12.7. The van der Waals surface area contributed by atoms with Crippen molar-refractivity contribution in [2.75, 3.05) is 0 Å². The molecule has 2 heterocycles. The number of aromatic nitrogens is 4. The highest BCUT2D eigenvalue weighted by Crippen LogP contribution is 2.24. The molecule has 35 heavy (non-hydrogen) atoms. The van der Waals surface area contributed by atoms with Crippen LogP contribution in [0.2, 0.25) is 0 Å². The molecule has 0 fully saturated rings. The Morgan fingerprint density at radius 2 is 1.69 bits per heavy atom. The first-order valence-electron chi connectivity index (χ1n) is 11.2. The highest BCUT2D eigenvalue weighted by atomic mass is 16.2. The number of carbonyl (C=O) groups is 1. The normalized spacial score (nSPS) is 11.0. The van der Waals surface area contributed by atoms with Gasteiger partial charge in [-0.1, -0.05) is 60.7 Å². The van der Waals surface area contributed by atoms with Gasteiger partial charge in [0.25, 0.3) is 5.56 Å². The number of aromatic amines is 1. The number of nitrogens with one attached hydrogen (secondary N) is 2. The van der Waals surface area contributed by atoms with E-state index in [2.05, 4.69) is 27.5 Å². The van der Waals surface area contributed by atoms with E-state index in [4.69, 9.17) is 0 Å². The minimum atomic E-state index is -0.612. The molecule has 5 aromatic rings. The Morgan fingerprint density at radius 3 is 2.49 bits per heavy atom. The number of hydrogen-bond donors (Lipinski definition) is 2. The summed E-state index contributed by atoms with van der Waals surface area (Å²) in [5, 5.41) is 7.44. The van der Waals surface area contributed by atoms with Crippen molar-refractivity contribution in [1.29, 1.82) is 0 Å². The second kappa shape index (κ2) is 9.64. The molecule has 0 spiro atoms. The fourth-order valence-electron chi connectivity index (χ4n) is 4.06. The summed E-state index contributed by atoms with van der Waals surface area (Å²) in [6, 6.07) is 24.7. The number of nitrogens with zero attached hydrogens (tertiary/aromatic N) is 3. The lowest BCUT2D eigenvalue weighted by Crippen LogP contribution is -2.40. The van der Waals surface area contributed by atoms with Crippen LogP contribution >= 0.6 is 0 Å². The molecule has 0 bridgehead atoms. The second-order valence-electron chi connectivity index (χ2n) is 8.20. The summed E-state index contributed by atoms with van der Waals surface area (Å²) >= 11 is 0. The standard InChI is InChI=1S/C27H23N5O3/c33-25(18-32-26(34)23-8-3-4-9-24(23)30-27(32)35)28-16-21-6-1-2-7-22(21)20-12-10-19(11-13-20)17-31-15-5-14-29-31/h1-15H,16-18H2,(H,28,33)(H,30,35). The van der Waals surface area contributed by atoms with Crippen LogP contribution in [0, 0.1) is 0 Å². The van der Waals surface area contributed by atoms with Crippen LogP contribution in [0.3, 0.4) is 0 Å². The van der Waals surface area contributed by atoms with Crippen LogP contribution in [-0.2, 0) is 24.4 Å². The maximum Gasteiger partial charge on any atom is 0.329 e. The van der Waals surface area contributed by atoms with Gasteiger partial charge in [-0.05, 0) is 40.5 Å². The zero-order chi connectivity index (χ0) is 24.2. The van der Waals surface area contributed by atoms with Crippen LogP contribution in [0.25, 0.3) is 22.0 Å². The summed E-state index contributed by atoms with van der Waals surface area (Å²) in [4.78, 5) is 40.3. The predicted molar refractivity (Wildman–Crippen MR) is 134 cm³/mol. The van der Waals surface area contributed by atoms with Gasteiger partial charge in [0.05, 0.1) is 17.4 Å². The third-order valence-corrected chi connectivity index (χ3v) is 5.85. The Balaban J connectivity index is 1.30. The van der Waals surface area contributed by atoms with Crippen LogP contribution in [-0.4, -0.2) is 25.2 Å². The summed E-state index contributed by atoms with van der Waals surface area (Å²) in [6.07, 6.45) is 3.68. The number of hydrogen-bond acceptors (Lipinski definition) is 4. The van der Waals surface area contributed by atoms with Crippen LogP contribution in [0.15, 0.2) is 101 Å². The lowest BCUT2D eigenvalue weighted by Gasteiger charge is -2.12. The molecular weight excluding hydrogens is 442 g/mol. The maximum atomic E-state index is 12.7. The van der Waals surface area contributed by atoms with Crippen molar-refractivity contribution in [1.82, 2.24) is 24.6 Å². The van der Waals surface area contributed by atoms with E-state index >= 15 is 0 Å². The first-order chi connectivity index (χ1) is 17.1. The molecule has 0 aliphatic rings. The van der Waals surface area contributed by atoms with E-state index in [1.165, 1.54) is 0 Å². The summed E-state index contributed by atoms with van der Waals surface area (Å²) in [5.41, 5.74) is 3.44. The molecule has 2 N–H and O–H groups in total. The summed E-state index contributed by atoms with van der Waals surface area (Å²) in [5.74, 6) is -0.419. The quantitative estimate of drug-likeness (QED) is 0.386. The number of benzene rings is 3. The van der Waals surface area contributed by atoms with Gasteiger partial charge in [0, 0.05) is 18.9 Å². The first-order valence-corrected chi connectivity index (χ1v) is 11.2. The van der Waals surface area contributed by atoms with Crippen molar-refractivity contribution in [3.8, 4) is 11.1 Å². The topological polar surface area (TPSA) is 102 Å². The lowest BCUT2D eigenvalue weighted by atomic mass is 9.98. The van der Waals surface area contributed by atoms with Crippen molar-refractivity contribution in [2.45, 2.75) is 19.6 Å². The molecule has 0 aliphatic heterocycles. The molecule has 1 amide bonds. The number of carbonyl (C=O) groups excluding carboxylic acids is 1. The highest BCUT2D eigenvalue weighted by Gasteiger charge is 2.12. The predicted octanol–water partition coefficient (Wildman–Crippen LogP) is 2.92. The van der Waals surface area contributed by atoms with Crippen LogP contribution in [0.1, 0.15) is 11.1 Å². The van der Waals surface area contributed by atoms with E-state index in [-0.39, 0.29) is 13.1 Å². The van der Waals surface area contributed by atoms with E-state index in [0.717, 1.165) is 26.8 Å². The van der Waals surface area contributed by atoms with Crippen molar-refractivity contribution in [3.05, 3.63) is 123 Å². The Hall–Kier alpha value is -4.72. The molecular formula is C27H23N5O3. The third-order valence-electron chi connectivity index (χ3n) is 5.85. The van der Waals surface area contributed by atoms with Gasteiger partial charge < -0.3 is 10.3 Å². The summed E-state index contributed by atoms with van der Waals surface area (Å²) in [7, 11) is 0. The molecule has 0 radical (unpaired) electrons. The smallest absolute Gasteiger partial charge is 0.329 e. The Labute approximate surface area is 200 Å². The Morgan fingerprint density at radius 1 is 0.914 bits per heavy atom. The fourth-order valence-corrected chi connectivity index (χ4v) is 4.06. The molecule has 8 heteroatoms. The monoisotopic (exact) mass is 465 g/mol. The van der Waals surface area contributed by atoms with Crippen LogP contribution in [0.5, 0.6) is 0 Å². The summed E-state index contributed by atoms with van der Waals surface area (Å²) in [6.45, 7) is 0.603. The van der Waals surface area contributed by atoms with Gasteiger partial charge in [-0.2, -0.15) is 5.10 Å². The van der Waals surface area contributed by atoms with Gasteiger partial charge in [0.15, 0.2) is 0 Å². The van der Waals surface area contributed by atoms with Crippen LogP contribution in [0.4, 0.5) is 0 Å². The SMILES string of the molecule is O=C(Cn1c(=O)[nH]c2ccccc2c1=O)NCc1ccccc1-c1ccc(Cn2cccn2)cc1.